The van der Waals surface area contributed by atoms with Crippen LogP contribution in [0.1, 0.15) is 76.8 Å². The Kier molecular flexibility index (Phi) is 6.15. The van der Waals surface area contributed by atoms with Crippen LogP contribution in [0.3, 0.4) is 0 Å². The van der Waals surface area contributed by atoms with Crippen LogP contribution in [0.5, 0.6) is 0 Å². The van der Waals surface area contributed by atoms with Crippen molar-refractivity contribution < 1.29 is 17.6 Å². The molecule has 0 amide bonds. The Morgan fingerprint density at radius 1 is 1.05 bits per heavy atom. The maximum atomic E-state index is 14.7. The first kappa shape index (κ1) is 27.1. The fourth-order valence-electron chi connectivity index (χ4n) is 6.92. The normalized spacial score (nSPS) is 23.6. The summed E-state index contributed by atoms with van der Waals surface area (Å²) in [5, 5.41) is 9.26. The lowest BCUT2D eigenvalue weighted by atomic mass is 9.61. The standard InChI is InChI=1S/C31H31FN6O3S2/c1-36-18-26(16-34-36)43(40,41)38(24-10-11-24)25-7-4-21-12-27-20(15-35-37(27)23-8-5-22(32)6-9-23)13-31(21,14-25)29(39)30-33-17-28(42-30)19-2-3-19/h5-6,8-9,12,15-19,24-25H,2-4,7,10-11,13-14H2,1H3/t25-,31-/m0/s1. The Morgan fingerprint density at radius 3 is 2.53 bits per heavy atom. The van der Waals surface area contributed by atoms with Gasteiger partial charge in [0.15, 0.2) is 5.01 Å². The molecule has 3 fully saturated rings. The number of benzene rings is 1. The number of nitrogens with zero attached hydrogens (tertiary/aromatic N) is 6. The number of hydrogen-bond acceptors (Lipinski definition) is 7. The molecule has 0 N–H and O–H groups in total. The highest BCUT2D eigenvalue weighted by atomic mass is 32.2. The van der Waals surface area contributed by atoms with Gasteiger partial charge in [-0.05, 0) is 93.2 Å². The highest BCUT2D eigenvalue weighted by Gasteiger charge is 2.54. The maximum Gasteiger partial charge on any atom is 0.246 e. The number of thiazole rings is 1. The highest BCUT2D eigenvalue weighted by molar-refractivity contribution is 7.89. The SMILES string of the molecule is Cn1cc(S(=O)(=O)N(C2CC2)[C@H]2CCC3=Cc4c(cnn4-c4ccc(F)cc4)C[C@]3(C(=O)c3ncc(C4CC4)s3)C2)cn1. The minimum absolute atomic E-state index is 0.0324. The second-order valence-electron chi connectivity index (χ2n) is 12.4. The number of halogens is 1. The number of fused-ring (bicyclic) bond motifs is 2. The molecule has 12 heteroatoms. The molecule has 8 rings (SSSR count). The molecule has 3 heterocycles. The third-order valence-corrected chi connectivity index (χ3v) is 12.5. The zero-order chi connectivity index (χ0) is 29.5. The Bertz CT molecular complexity index is 1880. The van der Waals surface area contributed by atoms with Crippen LogP contribution in [0.25, 0.3) is 11.8 Å². The number of ketones is 1. The molecule has 0 saturated heterocycles. The summed E-state index contributed by atoms with van der Waals surface area (Å²) in [5.41, 5.74) is 2.59. The van der Waals surface area contributed by atoms with Crippen LogP contribution in [0.4, 0.5) is 4.39 Å². The average Bonchev–Trinajstić information content (AvgIpc) is 3.88. The van der Waals surface area contributed by atoms with Gasteiger partial charge in [-0.15, -0.1) is 11.3 Å². The number of rotatable bonds is 8. The van der Waals surface area contributed by atoms with E-state index in [4.69, 9.17) is 0 Å². The van der Waals surface area contributed by atoms with E-state index in [2.05, 4.69) is 21.3 Å². The van der Waals surface area contributed by atoms with E-state index in [0.717, 1.165) is 53.1 Å². The van der Waals surface area contributed by atoms with Crippen molar-refractivity contribution >= 4 is 33.2 Å². The van der Waals surface area contributed by atoms with Gasteiger partial charge in [-0.25, -0.2) is 22.5 Å². The van der Waals surface area contributed by atoms with Gasteiger partial charge in [-0.1, -0.05) is 5.57 Å². The van der Waals surface area contributed by atoms with Crippen LogP contribution in [0.2, 0.25) is 0 Å². The summed E-state index contributed by atoms with van der Waals surface area (Å²) in [7, 11) is -2.10. The van der Waals surface area contributed by atoms with Gasteiger partial charge in [0.25, 0.3) is 0 Å². The van der Waals surface area contributed by atoms with Crippen LogP contribution in [0.15, 0.2) is 59.5 Å². The molecule has 0 unspecified atom stereocenters. The summed E-state index contributed by atoms with van der Waals surface area (Å²) < 4.78 is 46.7. The summed E-state index contributed by atoms with van der Waals surface area (Å²) in [6, 6.07) is 5.79. The predicted molar refractivity (Wildman–Crippen MR) is 159 cm³/mol. The van der Waals surface area contributed by atoms with Crippen molar-refractivity contribution in [2.24, 2.45) is 12.5 Å². The van der Waals surface area contributed by atoms with Crippen molar-refractivity contribution in [2.75, 3.05) is 0 Å². The first-order valence-corrected chi connectivity index (χ1v) is 17.1. The third-order valence-electron chi connectivity index (χ3n) is 9.36. The molecule has 43 heavy (non-hydrogen) atoms. The topological polar surface area (TPSA) is 103 Å². The number of allylic oxidation sites excluding steroid dienone is 1. The molecule has 4 aliphatic carbocycles. The van der Waals surface area contributed by atoms with E-state index in [1.165, 1.54) is 34.3 Å². The molecule has 1 aromatic carbocycles. The van der Waals surface area contributed by atoms with Crippen molar-refractivity contribution in [1.82, 2.24) is 28.9 Å². The molecule has 0 spiro atoms. The number of hydrogen-bond donors (Lipinski definition) is 0. The Balaban J connectivity index is 1.21. The monoisotopic (exact) mass is 618 g/mol. The molecule has 4 aliphatic rings. The van der Waals surface area contributed by atoms with E-state index in [9.17, 15) is 17.6 Å². The zero-order valence-corrected chi connectivity index (χ0v) is 25.3. The van der Waals surface area contributed by atoms with Crippen molar-refractivity contribution in [3.8, 4) is 5.69 Å². The van der Waals surface area contributed by atoms with Gasteiger partial charge in [0.1, 0.15) is 10.7 Å². The van der Waals surface area contributed by atoms with Gasteiger partial charge in [0.05, 0.1) is 29.2 Å². The van der Waals surface area contributed by atoms with Crippen LogP contribution in [-0.4, -0.2) is 55.1 Å². The van der Waals surface area contributed by atoms with Crippen LogP contribution in [0, 0.1) is 11.2 Å². The van der Waals surface area contributed by atoms with Crippen molar-refractivity contribution in [1.29, 1.82) is 0 Å². The quantitative estimate of drug-likeness (QED) is 0.249. The fourth-order valence-corrected chi connectivity index (χ4v) is 9.92. The number of carbonyl (C=O) groups excluding carboxylic acids is 1. The van der Waals surface area contributed by atoms with E-state index in [1.54, 1.807) is 40.6 Å². The zero-order valence-electron chi connectivity index (χ0n) is 23.7. The molecule has 0 bridgehead atoms. The first-order valence-electron chi connectivity index (χ1n) is 14.8. The van der Waals surface area contributed by atoms with Crippen LogP contribution < -0.4 is 0 Å². The molecule has 0 aliphatic heterocycles. The number of Topliss-reactive ketones (excluding diaryl/α,β-unsaturated/α-hetero) is 1. The molecule has 9 nitrogen and oxygen atoms in total. The second-order valence-corrected chi connectivity index (χ2v) is 15.3. The fraction of sp³-hybridized carbons (Fsp3) is 0.419. The van der Waals surface area contributed by atoms with E-state index >= 15 is 0 Å². The van der Waals surface area contributed by atoms with Crippen molar-refractivity contribution in [3.05, 3.63) is 81.6 Å². The highest BCUT2D eigenvalue weighted by Crippen LogP contribution is 2.53. The van der Waals surface area contributed by atoms with Crippen molar-refractivity contribution in [2.45, 2.75) is 74.3 Å². The molecule has 222 valence electrons. The van der Waals surface area contributed by atoms with E-state index in [1.807, 2.05) is 6.20 Å². The van der Waals surface area contributed by atoms with Crippen molar-refractivity contribution in [3.63, 3.8) is 0 Å². The molecule has 2 atom stereocenters. The van der Waals surface area contributed by atoms with Gasteiger partial charge in [-0.3, -0.25) is 9.48 Å². The lowest BCUT2D eigenvalue weighted by Crippen LogP contribution is -2.51. The van der Waals surface area contributed by atoms with Gasteiger partial charge >= 0.3 is 0 Å². The smallest absolute Gasteiger partial charge is 0.246 e. The maximum absolute atomic E-state index is 14.7. The van der Waals surface area contributed by atoms with Gasteiger partial charge in [-0.2, -0.15) is 14.5 Å². The Morgan fingerprint density at radius 2 is 1.84 bits per heavy atom. The Labute approximate surface area is 253 Å². The van der Waals surface area contributed by atoms with Gasteiger partial charge in [0, 0.05) is 36.4 Å². The first-order chi connectivity index (χ1) is 20.7. The Hall–Kier alpha value is -3.48. The molecule has 4 aromatic rings. The van der Waals surface area contributed by atoms with Crippen LogP contribution in [-0.2, 0) is 23.5 Å². The number of carbonyl (C=O) groups is 1. The number of aryl methyl sites for hydroxylation is 1. The summed E-state index contributed by atoms with van der Waals surface area (Å²) in [6.07, 6.45) is 14.5. The number of aromatic nitrogens is 5. The largest absolute Gasteiger partial charge is 0.290 e. The lowest BCUT2D eigenvalue weighted by Gasteiger charge is -2.46. The van der Waals surface area contributed by atoms with E-state index in [0.29, 0.717) is 36.6 Å². The predicted octanol–water partition coefficient (Wildman–Crippen LogP) is 5.29. The summed E-state index contributed by atoms with van der Waals surface area (Å²) in [4.78, 5) is 20.6. The van der Waals surface area contributed by atoms with E-state index < -0.39 is 15.4 Å². The third kappa shape index (κ3) is 4.53. The molecule has 3 saturated carbocycles. The summed E-state index contributed by atoms with van der Waals surface area (Å²) in [5.74, 6) is 0.143. The second kappa shape index (κ2) is 9.76. The van der Waals surface area contributed by atoms with Crippen LogP contribution >= 0.6 is 11.3 Å². The van der Waals surface area contributed by atoms with Gasteiger partial charge in [0.2, 0.25) is 15.8 Å². The summed E-state index contributed by atoms with van der Waals surface area (Å²) >= 11 is 1.49. The minimum atomic E-state index is -3.81. The van der Waals surface area contributed by atoms with E-state index in [-0.39, 0.29) is 28.6 Å². The van der Waals surface area contributed by atoms with Gasteiger partial charge < -0.3 is 0 Å². The minimum Gasteiger partial charge on any atom is -0.290 e. The average molecular weight is 619 g/mol. The molecule has 3 aromatic heterocycles. The lowest BCUT2D eigenvalue weighted by molar-refractivity contribution is 0.0738. The summed E-state index contributed by atoms with van der Waals surface area (Å²) in [6.45, 7) is 0. The molecular weight excluding hydrogens is 588 g/mol. The number of sulfonamides is 1. The molecule has 0 radical (unpaired) electrons. The molecular formula is C31H31FN6O3S2.